The summed E-state index contributed by atoms with van der Waals surface area (Å²) < 4.78 is 38.6. The monoisotopic (exact) mass is 413 g/mol. The predicted molar refractivity (Wildman–Crippen MR) is 106 cm³/mol. The number of anilines is 1. The average molecular weight is 413 g/mol. The van der Waals surface area contributed by atoms with Gasteiger partial charge in [-0.05, 0) is 30.7 Å². The summed E-state index contributed by atoms with van der Waals surface area (Å²) in [5.74, 6) is 0.282. The first kappa shape index (κ1) is 19.8. The molecular formula is C21H18F3N5O. The molecule has 0 aliphatic carbocycles. The van der Waals surface area contributed by atoms with Crippen molar-refractivity contribution >= 4 is 22.8 Å². The second kappa shape index (κ2) is 7.40. The molecule has 1 fully saturated rings. The molecule has 2 aromatic heterocycles. The molecule has 0 radical (unpaired) electrons. The van der Waals surface area contributed by atoms with Crippen molar-refractivity contribution in [1.29, 1.82) is 0 Å². The highest BCUT2D eigenvalue weighted by molar-refractivity contribution is 5.92. The zero-order valence-electron chi connectivity index (χ0n) is 15.9. The lowest BCUT2D eigenvalue weighted by Gasteiger charge is -2.20. The van der Waals surface area contributed by atoms with Crippen LogP contribution < -0.4 is 10.6 Å². The van der Waals surface area contributed by atoms with Crippen LogP contribution in [-0.2, 0) is 11.0 Å². The molecular weight excluding hydrogens is 395 g/mol. The normalized spacial score (nSPS) is 16.8. The number of alkyl halides is 3. The number of hydrogen-bond donors (Lipinski definition) is 1. The maximum Gasteiger partial charge on any atom is 0.416 e. The number of amides is 1. The van der Waals surface area contributed by atoms with Gasteiger partial charge in [-0.2, -0.15) is 13.2 Å². The Morgan fingerprint density at radius 1 is 1.17 bits per heavy atom. The first-order chi connectivity index (χ1) is 14.2. The molecule has 1 saturated heterocycles. The molecule has 4 rings (SSSR count). The quantitative estimate of drug-likeness (QED) is 0.661. The van der Waals surface area contributed by atoms with Gasteiger partial charge in [0.1, 0.15) is 5.82 Å². The van der Waals surface area contributed by atoms with Gasteiger partial charge in [-0.1, -0.05) is 18.7 Å². The van der Waals surface area contributed by atoms with Crippen LogP contribution in [0.2, 0.25) is 0 Å². The zero-order chi connectivity index (χ0) is 21.5. The van der Waals surface area contributed by atoms with Gasteiger partial charge in [-0.15, -0.1) is 0 Å². The Morgan fingerprint density at radius 3 is 2.57 bits per heavy atom. The second-order valence-electron chi connectivity index (χ2n) is 7.14. The van der Waals surface area contributed by atoms with Gasteiger partial charge < -0.3 is 10.6 Å². The van der Waals surface area contributed by atoms with E-state index in [2.05, 4.69) is 21.5 Å². The van der Waals surface area contributed by atoms with E-state index in [9.17, 15) is 18.0 Å². The van der Waals surface area contributed by atoms with Crippen molar-refractivity contribution in [3.05, 3.63) is 60.3 Å². The van der Waals surface area contributed by atoms with Crippen LogP contribution in [-0.4, -0.2) is 33.9 Å². The number of carbonyl (C=O) groups is 1. The molecule has 6 nitrogen and oxygen atoms in total. The standard InChI is InChI=1S/C21H18F3N5O/c1-12(17(25)30)14-8-10-29(11-14)20-16-3-2-9-26-19(16)27-18(28-20)13-4-6-15(7-5-13)21(22,23)24/h2-7,9,14H,1,8,10-11H2,(H2,25,30). The van der Waals surface area contributed by atoms with E-state index < -0.39 is 17.6 Å². The molecule has 1 atom stereocenters. The van der Waals surface area contributed by atoms with Crippen LogP contribution in [0, 0.1) is 5.92 Å². The third-order valence-corrected chi connectivity index (χ3v) is 5.22. The Balaban J connectivity index is 1.74. The van der Waals surface area contributed by atoms with E-state index >= 15 is 0 Å². The van der Waals surface area contributed by atoms with Crippen molar-refractivity contribution in [3.63, 3.8) is 0 Å². The van der Waals surface area contributed by atoms with Crippen LogP contribution in [0.5, 0.6) is 0 Å². The van der Waals surface area contributed by atoms with Gasteiger partial charge >= 0.3 is 6.18 Å². The summed E-state index contributed by atoms with van der Waals surface area (Å²) in [6.45, 7) is 4.92. The summed E-state index contributed by atoms with van der Waals surface area (Å²) in [7, 11) is 0. The zero-order valence-corrected chi connectivity index (χ0v) is 15.9. The van der Waals surface area contributed by atoms with Gasteiger partial charge in [0.15, 0.2) is 11.5 Å². The lowest BCUT2D eigenvalue weighted by Crippen LogP contribution is -2.25. The van der Waals surface area contributed by atoms with E-state index in [0.717, 1.165) is 17.5 Å². The molecule has 0 bridgehead atoms. The van der Waals surface area contributed by atoms with Crippen LogP contribution in [0.25, 0.3) is 22.4 Å². The fourth-order valence-electron chi connectivity index (χ4n) is 3.56. The highest BCUT2D eigenvalue weighted by atomic mass is 19.4. The van der Waals surface area contributed by atoms with E-state index in [4.69, 9.17) is 5.73 Å². The molecule has 0 spiro atoms. The van der Waals surface area contributed by atoms with Crippen molar-refractivity contribution in [1.82, 2.24) is 15.0 Å². The van der Waals surface area contributed by atoms with Crippen molar-refractivity contribution < 1.29 is 18.0 Å². The van der Waals surface area contributed by atoms with E-state index in [-0.39, 0.29) is 11.7 Å². The smallest absolute Gasteiger partial charge is 0.366 e. The van der Waals surface area contributed by atoms with Crippen LogP contribution in [0.3, 0.4) is 0 Å². The molecule has 1 aromatic carbocycles. The number of carbonyl (C=O) groups excluding carboxylic acids is 1. The van der Waals surface area contributed by atoms with Crippen LogP contribution in [0.1, 0.15) is 12.0 Å². The predicted octanol–water partition coefficient (Wildman–Crippen LogP) is 3.58. The van der Waals surface area contributed by atoms with Crippen molar-refractivity contribution in [2.75, 3.05) is 18.0 Å². The second-order valence-corrected chi connectivity index (χ2v) is 7.14. The summed E-state index contributed by atoms with van der Waals surface area (Å²) in [4.78, 5) is 26.8. The summed E-state index contributed by atoms with van der Waals surface area (Å²) in [6.07, 6.45) is -2.12. The van der Waals surface area contributed by atoms with E-state index in [1.807, 2.05) is 11.0 Å². The number of halogens is 3. The largest absolute Gasteiger partial charge is 0.416 e. The Labute approximate surface area is 170 Å². The first-order valence-electron chi connectivity index (χ1n) is 9.28. The molecule has 1 unspecified atom stereocenters. The Bertz CT molecular complexity index is 1130. The van der Waals surface area contributed by atoms with Crippen molar-refractivity contribution in [3.8, 4) is 11.4 Å². The van der Waals surface area contributed by atoms with Crippen LogP contribution in [0.4, 0.5) is 19.0 Å². The number of aromatic nitrogens is 3. The van der Waals surface area contributed by atoms with Crippen molar-refractivity contribution in [2.45, 2.75) is 12.6 Å². The molecule has 0 saturated carbocycles. The molecule has 2 N–H and O–H groups in total. The molecule has 30 heavy (non-hydrogen) atoms. The summed E-state index contributed by atoms with van der Waals surface area (Å²) in [5, 5.41) is 0.721. The topological polar surface area (TPSA) is 85.0 Å². The SMILES string of the molecule is C=C(C(N)=O)C1CCN(c2nc(-c3ccc(C(F)(F)F)cc3)nc3ncccc23)C1. The van der Waals surface area contributed by atoms with Gasteiger partial charge in [0.25, 0.3) is 0 Å². The lowest BCUT2D eigenvalue weighted by atomic mass is 9.99. The fourth-order valence-corrected chi connectivity index (χ4v) is 3.56. The molecule has 3 aromatic rings. The fraction of sp³-hybridized carbons (Fsp3) is 0.238. The molecule has 1 aliphatic heterocycles. The highest BCUT2D eigenvalue weighted by Crippen LogP contribution is 2.33. The van der Waals surface area contributed by atoms with Gasteiger partial charge in [0.2, 0.25) is 5.91 Å². The average Bonchev–Trinajstić information content (AvgIpc) is 3.21. The number of rotatable bonds is 4. The molecule has 9 heteroatoms. The van der Waals surface area contributed by atoms with E-state index in [1.165, 1.54) is 12.1 Å². The first-order valence-corrected chi connectivity index (χ1v) is 9.28. The van der Waals surface area contributed by atoms with Crippen LogP contribution in [0.15, 0.2) is 54.7 Å². The van der Waals surface area contributed by atoms with Crippen molar-refractivity contribution in [2.24, 2.45) is 11.7 Å². The number of pyridine rings is 1. The van der Waals surface area contributed by atoms with E-state index in [1.54, 1.807) is 12.3 Å². The molecule has 154 valence electrons. The third-order valence-electron chi connectivity index (χ3n) is 5.22. The number of benzene rings is 1. The van der Waals surface area contributed by atoms with Gasteiger partial charge in [0.05, 0.1) is 10.9 Å². The minimum absolute atomic E-state index is 0.0845. The number of nitrogens with zero attached hydrogens (tertiary/aromatic N) is 4. The van der Waals surface area contributed by atoms with Crippen LogP contribution >= 0.6 is 0 Å². The van der Waals surface area contributed by atoms with E-state index in [0.29, 0.717) is 42.1 Å². The molecule has 1 aliphatic rings. The van der Waals surface area contributed by atoms with Gasteiger partial charge in [-0.3, -0.25) is 4.79 Å². The maximum atomic E-state index is 12.9. The lowest BCUT2D eigenvalue weighted by molar-refractivity contribution is -0.137. The summed E-state index contributed by atoms with van der Waals surface area (Å²) in [5.41, 5.74) is 5.89. The summed E-state index contributed by atoms with van der Waals surface area (Å²) in [6, 6.07) is 8.30. The third kappa shape index (κ3) is 3.70. The minimum atomic E-state index is -4.41. The molecule has 1 amide bonds. The summed E-state index contributed by atoms with van der Waals surface area (Å²) >= 11 is 0. The highest BCUT2D eigenvalue weighted by Gasteiger charge is 2.31. The molecule has 3 heterocycles. The number of primary amides is 1. The van der Waals surface area contributed by atoms with Gasteiger partial charge in [-0.25, -0.2) is 15.0 Å². The maximum absolute atomic E-state index is 12.9. The number of nitrogens with two attached hydrogens (primary N) is 1. The number of hydrogen-bond acceptors (Lipinski definition) is 5. The number of fused-ring (bicyclic) bond motifs is 1. The Hall–Kier alpha value is -3.49. The minimum Gasteiger partial charge on any atom is -0.366 e. The Kier molecular flexibility index (Phi) is 4.89. The Morgan fingerprint density at radius 2 is 1.90 bits per heavy atom. The van der Waals surface area contributed by atoms with Gasteiger partial charge in [0, 0.05) is 36.3 Å².